The van der Waals surface area contributed by atoms with Crippen LogP contribution in [0.2, 0.25) is 5.15 Å². The predicted octanol–water partition coefficient (Wildman–Crippen LogP) is 1.81. The number of primary amides is 2. The van der Waals surface area contributed by atoms with Crippen LogP contribution in [-0.4, -0.2) is 27.3 Å². The number of aromatic amines is 1. The van der Waals surface area contributed by atoms with E-state index in [1.807, 2.05) is 19.1 Å². The Balaban J connectivity index is 0.000000200. The Labute approximate surface area is 137 Å². The Kier molecular flexibility index (Phi) is 7.22. The predicted molar refractivity (Wildman–Crippen MR) is 88.8 cm³/mol. The summed E-state index contributed by atoms with van der Waals surface area (Å²) in [6.07, 6.45) is 5.01. The maximum atomic E-state index is 10.4. The number of H-pyrrole nitrogens is 1. The zero-order valence-corrected chi connectivity index (χ0v) is 13.1. The van der Waals surface area contributed by atoms with Crippen LogP contribution in [0.4, 0.5) is 0 Å². The van der Waals surface area contributed by atoms with E-state index in [0.29, 0.717) is 10.7 Å². The normalized spacial score (nSPS) is 9.13. The molecule has 0 aliphatic rings. The number of amides is 2. The van der Waals surface area contributed by atoms with E-state index >= 15 is 0 Å². The summed E-state index contributed by atoms with van der Waals surface area (Å²) in [5.74, 6) is -0.442. The molecular formula is C15H16ClN5O2. The lowest BCUT2D eigenvalue weighted by Crippen LogP contribution is -2.10. The molecule has 0 aliphatic heterocycles. The topological polar surface area (TPSA) is 128 Å². The van der Waals surface area contributed by atoms with Crippen molar-refractivity contribution in [1.29, 1.82) is 0 Å². The molecule has 5 N–H and O–H groups in total. The number of carbonyl (C=O) groups is 2. The standard InChI is InChI=1S/C8H7ClN2.C6H6N2O.CH3NO/c1-5-2-6-3-8(9)10-4-7(6)11-5;7-6(9)5-2-1-3-8-4-5;2-1-3/h2-4,11H,1H3;1-4H,(H2,7,9);1H,(H2,2,3). The van der Waals surface area contributed by atoms with Crippen LogP contribution in [0, 0.1) is 6.92 Å². The third-order valence-corrected chi connectivity index (χ3v) is 2.76. The highest BCUT2D eigenvalue weighted by molar-refractivity contribution is 6.30. The molecule has 7 nitrogen and oxygen atoms in total. The van der Waals surface area contributed by atoms with Gasteiger partial charge in [0.05, 0.1) is 17.3 Å². The number of aryl methyl sites for hydroxylation is 1. The molecule has 0 bridgehead atoms. The molecule has 0 aliphatic carbocycles. The lowest BCUT2D eigenvalue weighted by Gasteiger charge is -1.88. The number of rotatable bonds is 1. The van der Waals surface area contributed by atoms with Crippen LogP contribution in [0.25, 0.3) is 10.9 Å². The number of nitrogens with zero attached hydrogens (tertiary/aromatic N) is 2. The lowest BCUT2D eigenvalue weighted by molar-refractivity contribution is -0.106. The van der Waals surface area contributed by atoms with Gasteiger partial charge in [-0.15, -0.1) is 0 Å². The minimum atomic E-state index is -0.442. The van der Waals surface area contributed by atoms with Gasteiger partial charge in [-0.3, -0.25) is 14.6 Å². The van der Waals surface area contributed by atoms with Crippen molar-refractivity contribution >= 4 is 34.8 Å². The number of hydrogen-bond acceptors (Lipinski definition) is 4. The average molecular weight is 334 g/mol. The van der Waals surface area contributed by atoms with Crippen molar-refractivity contribution in [3.63, 3.8) is 0 Å². The largest absolute Gasteiger partial charge is 0.372 e. The van der Waals surface area contributed by atoms with Crippen LogP contribution < -0.4 is 11.5 Å². The average Bonchev–Trinajstić information content (AvgIpc) is 2.89. The van der Waals surface area contributed by atoms with E-state index in [4.69, 9.17) is 22.1 Å². The molecule has 0 atom stereocenters. The molecule has 23 heavy (non-hydrogen) atoms. The van der Waals surface area contributed by atoms with Crippen molar-refractivity contribution in [2.45, 2.75) is 6.92 Å². The third-order valence-electron chi connectivity index (χ3n) is 2.55. The highest BCUT2D eigenvalue weighted by Gasteiger charge is 1.97. The summed E-state index contributed by atoms with van der Waals surface area (Å²) >= 11 is 5.70. The SMILES string of the molecule is Cc1cc2cc(Cl)ncc2[nH]1.NC(=O)c1cccnc1.NC=O. The van der Waals surface area contributed by atoms with Crippen molar-refractivity contribution in [2.75, 3.05) is 0 Å². The molecule has 0 aromatic carbocycles. The number of hydrogen-bond donors (Lipinski definition) is 3. The van der Waals surface area contributed by atoms with Crippen molar-refractivity contribution in [2.24, 2.45) is 11.5 Å². The lowest BCUT2D eigenvalue weighted by atomic mass is 10.3. The van der Waals surface area contributed by atoms with E-state index in [0.717, 1.165) is 16.6 Å². The molecule has 8 heteroatoms. The fourth-order valence-electron chi connectivity index (χ4n) is 1.66. The van der Waals surface area contributed by atoms with Crippen molar-refractivity contribution in [3.8, 4) is 0 Å². The second kappa shape index (κ2) is 9.16. The number of nitrogens with two attached hydrogens (primary N) is 2. The van der Waals surface area contributed by atoms with Gasteiger partial charge in [0.2, 0.25) is 12.3 Å². The monoisotopic (exact) mass is 333 g/mol. The number of aromatic nitrogens is 3. The van der Waals surface area contributed by atoms with E-state index in [1.165, 1.54) is 6.20 Å². The van der Waals surface area contributed by atoms with Gasteiger partial charge in [0.1, 0.15) is 5.15 Å². The highest BCUT2D eigenvalue weighted by Crippen LogP contribution is 2.16. The number of halogens is 1. The van der Waals surface area contributed by atoms with Gasteiger partial charge < -0.3 is 16.5 Å². The summed E-state index contributed by atoms with van der Waals surface area (Å²) in [5.41, 5.74) is 11.7. The minimum absolute atomic E-state index is 0.250. The minimum Gasteiger partial charge on any atom is -0.372 e. The summed E-state index contributed by atoms with van der Waals surface area (Å²) < 4.78 is 0. The van der Waals surface area contributed by atoms with Gasteiger partial charge in [-0.2, -0.15) is 0 Å². The fraction of sp³-hybridized carbons (Fsp3) is 0.0667. The summed E-state index contributed by atoms with van der Waals surface area (Å²) in [5, 5.41) is 1.65. The van der Waals surface area contributed by atoms with E-state index < -0.39 is 5.91 Å². The Morgan fingerprint density at radius 3 is 2.57 bits per heavy atom. The van der Waals surface area contributed by atoms with Gasteiger partial charge in [0, 0.05) is 23.5 Å². The molecular weight excluding hydrogens is 318 g/mol. The zero-order valence-electron chi connectivity index (χ0n) is 12.4. The highest BCUT2D eigenvalue weighted by atomic mass is 35.5. The van der Waals surface area contributed by atoms with Crippen LogP contribution in [0.5, 0.6) is 0 Å². The van der Waals surface area contributed by atoms with Crippen molar-refractivity contribution in [3.05, 3.63) is 59.3 Å². The van der Waals surface area contributed by atoms with Gasteiger partial charge in [-0.05, 0) is 31.2 Å². The first-order valence-electron chi connectivity index (χ1n) is 6.44. The molecule has 0 radical (unpaired) electrons. The molecule has 120 valence electrons. The molecule has 0 fully saturated rings. The van der Waals surface area contributed by atoms with Crippen LogP contribution in [0.3, 0.4) is 0 Å². The molecule has 0 unspecified atom stereocenters. The van der Waals surface area contributed by atoms with E-state index in [1.54, 1.807) is 24.5 Å². The smallest absolute Gasteiger partial charge is 0.250 e. The van der Waals surface area contributed by atoms with Crippen LogP contribution >= 0.6 is 11.6 Å². The molecule has 3 rings (SSSR count). The molecule has 0 saturated carbocycles. The van der Waals surface area contributed by atoms with E-state index in [-0.39, 0.29) is 6.41 Å². The number of carbonyl (C=O) groups excluding carboxylic acids is 2. The first-order valence-corrected chi connectivity index (χ1v) is 6.81. The third kappa shape index (κ3) is 6.15. The molecule has 3 aromatic rings. The second-order valence-corrected chi connectivity index (χ2v) is 4.68. The van der Waals surface area contributed by atoms with Gasteiger partial charge >= 0.3 is 0 Å². The molecule has 0 spiro atoms. The summed E-state index contributed by atoms with van der Waals surface area (Å²) in [4.78, 5) is 29.8. The van der Waals surface area contributed by atoms with Gasteiger partial charge in [-0.1, -0.05) is 11.6 Å². The number of pyridine rings is 2. The molecule has 3 heterocycles. The maximum Gasteiger partial charge on any atom is 0.250 e. The van der Waals surface area contributed by atoms with Crippen molar-refractivity contribution < 1.29 is 9.59 Å². The van der Waals surface area contributed by atoms with E-state index in [2.05, 4.69) is 20.7 Å². The van der Waals surface area contributed by atoms with Gasteiger partial charge in [-0.25, -0.2) is 4.98 Å². The Hall–Kier alpha value is -2.93. The Morgan fingerprint density at radius 1 is 1.35 bits per heavy atom. The molecule has 0 saturated heterocycles. The Bertz CT molecular complexity index is 774. The number of nitrogens with one attached hydrogen (secondary N) is 1. The van der Waals surface area contributed by atoms with E-state index in [9.17, 15) is 4.79 Å². The summed E-state index contributed by atoms with van der Waals surface area (Å²) in [6.45, 7) is 2.01. The molecule has 3 aromatic heterocycles. The van der Waals surface area contributed by atoms with Crippen LogP contribution in [-0.2, 0) is 4.79 Å². The van der Waals surface area contributed by atoms with Gasteiger partial charge in [0.25, 0.3) is 0 Å². The fourth-order valence-corrected chi connectivity index (χ4v) is 1.82. The summed E-state index contributed by atoms with van der Waals surface area (Å²) in [6, 6.07) is 7.18. The van der Waals surface area contributed by atoms with Gasteiger partial charge in [0.15, 0.2) is 0 Å². The van der Waals surface area contributed by atoms with Crippen LogP contribution in [0.1, 0.15) is 16.1 Å². The molecule has 2 amide bonds. The zero-order chi connectivity index (χ0) is 17.2. The maximum absolute atomic E-state index is 10.4. The summed E-state index contributed by atoms with van der Waals surface area (Å²) in [7, 11) is 0. The van der Waals surface area contributed by atoms with Crippen molar-refractivity contribution in [1.82, 2.24) is 15.0 Å². The van der Waals surface area contributed by atoms with Crippen LogP contribution in [0.15, 0.2) is 42.9 Å². The Morgan fingerprint density at radius 2 is 2.04 bits per heavy atom. The second-order valence-electron chi connectivity index (χ2n) is 4.29. The number of fused-ring (bicyclic) bond motifs is 1. The first-order chi connectivity index (χ1) is 11.0. The quantitative estimate of drug-likeness (QED) is 0.463. The first kappa shape index (κ1) is 18.1.